The lowest BCUT2D eigenvalue weighted by atomic mass is 10.1. The fourth-order valence-corrected chi connectivity index (χ4v) is 4.16. The van der Waals surface area contributed by atoms with E-state index in [4.69, 9.17) is 24.3 Å². The van der Waals surface area contributed by atoms with Crippen LogP contribution in [-0.4, -0.2) is 47.1 Å². The number of azide groups is 2. The molecule has 0 saturated carbocycles. The van der Waals surface area contributed by atoms with Crippen molar-refractivity contribution in [3.05, 3.63) is 20.9 Å². The fourth-order valence-electron chi connectivity index (χ4n) is 2.36. The molecule has 0 aromatic rings. The van der Waals surface area contributed by atoms with Gasteiger partial charge < -0.3 is 13.3 Å². The number of nitrogens with zero attached hydrogens (tertiary/aromatic N) is 6. The molecular formula is C14H34N6O3Si2. The lowest BCUT2D eigenvalue weighted by molar-refractivity contribution is 0.122. The standard InChI is InChI=1S/C14H31N3O3Si.H3N3Si/c1-18-21(19-2,20-3)14-12-10-8-6-4-5-7-9-11-13-16-17-15;1-2-3-4/h4-14H2,1-3H3;4H3. The van der Waals surface area contributed by atoms with E-state index in [2.05, 4.69) is 19.7 Å². The van der Waals surface area contributed by atoms with E-state index in [-0.39, 0.29) is 0 Å². The molecule has 0 N–H and O–H groups in total. The minimum Gasteiger partial charge on any atom is -0.377 e. The van der Waals surface area contributed by atoms with Crippen molar-refractivity contribution in [2.24, 2.45) is 9.89 Å². The first-order chi connectivity index (χ1) is 12.2. The molecule has 0 aliphatic rings. The van der Waals surface area contributed by atoms with Gasteiger partial charge in [0.15, 0.2) is 0 Å². The maximum Gasteiger partial charge on any atom is 0.500 e. The van der Waals surface area contributed by atoms with E-state index >= 15 is 0 Å². The Morgan fingerprint density at radius 2 is 1.16 bits per heavy atom. The van der Waals surface area contributed by atoms with Gasteiger partial charge in [-0.15, -0.1) is 4.78 Å². The molecule has 0 bridgehead atoms. The molecular weight excluding hydrogens is 356 g/mol. The quantitative estimate of drug-likeness (QED) is 0.136. The van der Waals surface area contributed by atoms with Gasteiger partial charge in [0.1, 0.15) is 10.4 Å². The summed E-state index contributed by atoms with van der Waals surface area (Å²) in [6, 6.07) is 0.899. The zero-order chi connectivity index (χ0) is 19.2. The summed E-state index contributed by atoms with van der Waals surface area (Å²) < 4.78 is 19.3. The molecule has 0 unspecified atom stereocenters. The number of hydrogen-bond acceptors (Lipinski definition) is 5. The highest BCUT2D eigenvalue weighted by Gasteiger charge is 2.36. The van der Waals surface area contributed by atoms with E-state index in [9.17, 15) is 0 Å². The molecule has 0 radical (unpaired) electrons. The number of unbranched alkanes of at least 4 members (excludes halogenated alkanes) is 8. The van der Waals surface area contributed by atoms with Crippen LogP contribution in [0.25, 0.3) is 20.9 Å². The molecule has 0 heterocycles. The Kier molecular flexibility index (Phi) is 22.0. The highest BCUT2D eigenvalue weighted by molar-refractivity contribution is 6.60. The van der Waals surface area contributed by atoms with E-state index in [1.807, 2.05) is 0 Å². The van der Waals surface area contributed by atoms with Gasteiger partial charge in [-0.1, -0.05) is 50.1 Å². The van der Waals surface area contributed by atoms with Crippen molar-refractivity contribution in [1.82, 2.24) is 0 Å². The molecule has 0 aromatic heterocycles. The fraction of sp³-hybridized carbons (Fsp3) is 1.00. The van der Waals surface area contributed by atoms with E-state index in [0.717, 1.165) is 18.9 Å². The lowest BCUT2D eigenvalue weighted by Gasteiger charge is -2.24. The average Bonchev–Trinajstić information content (AvgIpc) is 2.66. The zero-order valence-corrected chi connectivity index (χ0v) is 19.2. The van der Waals surface area contributed by atoms with Gasteiger partial charge in [-0.2, -0.15) is 0 Å². The second kappa shape index (κ2) is 21.0. The van der Waals surface area contributed by atoms with Gasteiger partial charge in [-0.25, -0.2) is 0 Å². The van der Waals surface area contributed by atoms with E-state index in [1.165, 1.54) is 44.9 Å². The summed E-state index contributed by atoms with van der Waals surface area (Å²) in [5.41, 5.74) is 15.5. The lowest BCUT2D eigenvalue weighted by Crippen LogP contribution is -2.42. The first kappa shape index (κ1) is 26.2. The molecule has 25 heavy (non-hydrogen) atoms. The van der Waals surface area contributed by atoms with Crippen LogP contribution in [0.4, 0.5) is 0 Å². The van der Waals surface area contributed by atoms with Crippen molar-refractivity contribution in [2.75, 3.05) is 27.9 Å². The monoisotopic (exact) mass is 390 g/mol. The third-order valence-corrected chi connectivity index (χ3v) is 6.84. The average molecular weight is 391 g/mol. The van der Waals surface area contributed by atoms with Gasteiger partial charge >= 0.3 is 8.80 Å². The van der Waals surface area contributed by atoms with Crippen molar-refractivity contribution < 1.29 is 13.3 Å². The minimum atomic E-state index is -2.35. The topological polar surface area (TPSA) is 125 Å². The molecule has 11 heteroatoms. The molecule has 0 fully saturated rings. The maximum atomic E-state index is 8.14. The summed E-state index contributed by atoms with van der Waals surface area (Å²) in [6.07, 6.45) is 10.9. The largest absolute Gasteiger partial charge is 0.500 e. The Balaban J connectivity index is 0. The van der Waals surface area contributed by atoms with Crippen LogP contribution in [0.2, 0.25) is 6.04 Å². The van der Waals surface area contributed by atoms with Crippen LogP contribution in [0.5, 0.6) is 0 Å². The molecule has 0 spiro atoms. The predicted octanol–water partition coefficient (Wildman–Crippen LogP) is 4.26. The SMILES string of the molecule is CO[Si](CCCCCCCCCCCN=[N+]=[N-])(OC)OC.[N-]=[N+]=N[SiH3]. The Morgan fingerprint density at radius 1 is 0.760 bits per heavy atom. The van der Waals surface area contributed by atoms with Crippen molar-refractivity contribution >= 4 is 19.2 Å². The van der Waals surface area contributed by atoms with E-state index in [0.29, 0.717) is 16.9 Å². The third-order valence-electron chi connectivity index (χ3n) is 3.83. The highest BCUT2D eigenvalue weighted by Crippen LogP contribution is 2.18. The zero-order valence-electron chi connectivity index (χ0n) is 16.2. The predicted molar refractivity (Wildman–Crippen MR) is 106 cm³/mol. The van der Waals surface area contributed by atoms with Gasteiger partial charge in [-0.05, 0) is 28.8 Å². The Hall–Kier alpha value is -1.07. The smallest absolute Gasteiger partial charge is 0.377 e. The van der Waals surface area contributed by atoms with Crippen molar-refractivity contribution in [1.29, 1.82) is 0 Å². The first-order valence-electron chi connectivity index (χ1n) is 8.75. The van der Waals surface area contributed by atoms with Gasteiger partial charge in [0, 0.05) is 38.8 Å². The van der Waals surface area contributed by atoms with Gasteiger partial charge in [-0.3, -0.25) is 0 Å². The van der Waals surface area contributed by atoms with Crippen molar-refractivity contribution in [3.63, 3.8) is 0 Å². The van der Waals surface area contributed by atoms with Crippen LogP contribution < -0.4 is 0 Å². The van der Waals surface area contributed by atoms with Crippen LogP contribution in [0.3, 0.4) is 0 Å². The normalized spacial score (nSPS) is 10.4. The maximum absolute atomic E-state index is 8.14. The molecule has 0 aliphatic carbocycles. The van der Waals surface area contributed by atoms with Gasteiger partial charge in [0.25, 0.3) is 0 Å². The van der Waals surface area contributed by atoms with Gasteiger partial charge in [0.2, 0.25) is 0 Å². The Morgan fingerprint density at radius 3 is 1.52 bits per heavy atom. The van der Waals surface area contributed by atoms with Crippen molar-refractivity contribution in [3.8, 4) is 0 Å². The summed E-state index contributed by atoms with van der Waals surface area (Å²) >= 11 is 0. The van der Waals surface area contributed by atoms with Crippen molar-refractivity contribution in [2.45, 2.75) is 63.8 Å². The summed E-state index contributed by atoms with van der Waals surface area (Å²) in [6.45, 7) is 0.640. The third kappa shape index (κ3) is 17.5. The van der Waals surface area contributed by atoms with E-state index in [1.54, 1.807) is 21.3 Å². The summed E-state index contributed by atoms with van der Waals surface area (Å²) in [5, 5.41) is 3.53. The Bertz CT molecular complexity index is 378. The molecule has 0 amide bonds. The van der Waals surface area contributed by atoms with Crippen LogP contribution in [0, 0.1) is 0 Å². The van der Waals surface area contributed by atoms with E-state index < -0.39 is 8.80 Å². The first-order valence-corrected chi connectivity index (χ1v) is 11.6. The molecule has 0 aliphatic heterocycles. The van der Waals surface area contributed by atoms with Crippen LogP contribution in [-0.2, 0) is 13.3 Å². The molecule has 0 atom stereocenters. The molecule has 0 rings (SSSR count). The molecule has 0 saturated heterocycles. The molecule has 0 aromatic carbocycles. The second-order valence-corrected chi connectivity index (χ2v) is 8.96. The number of hydrogen-bond donors (Lipinski definition) is 0. The van der Waals surface area contributed by atoms with Crippen LogP contribution >= 0.6 is 0 Å². The summed E-state index contributed by atoms with van der Waals surface area (Å²) in [7, 11) is 3.25. The summed E-state index contributed by atoms with van der Waals surface area (Å²) in [4.78, 5) is 5.17. The van der Waals surface area contributed by atoms with Crippen LogP contribution in [0.1, 0.15) is 57.8 Å². The molecule has 146 valence electrons. The minimum absolute atomic E-state index is 0.598. The second-order valence-electron chi connectivity index (χ2n) is 5.47. The highest BCUT2D eigenvalue weighted by atomic mass is 28.4. The molecule has 9 nitrogen and oxygen atoms in total. The Labute approximate surface area is 155 Å². The van der Waals surface area contributed by atoms with Crippen LogP contribution in [0.15, 0.2) is 9.89 Å². The summed E-state index contributed by atoms with van der Waals surface area (Å²) in [5.74, 6) is 0. The number of rotatable bonds is 15. The van der Waals surface area contributed by atoms with Gasteiger partial charge in [0.05, 0.1) is 0 Å².